The first kappa shape index (κ1) is 20.5. The number of aryl methyl sites for hydroxylation is 1. The van der Waals surface area contributed by atoms with Crippen molar-refractivity contribution < 1.29 is 4.52 Å². The minimum absolute atomic E-state index is 0.0764. The first-order valence-electron chi connectivity index (χ1n) is 11.0. The largest absolute Gasteiger partial charge is 0.383 e. The van der Waals surface area contributed by atoms with E-state index in [0.29, 0.717) is 40.0 Å². The van der Waals surface area contributed by atoms with Crippen LogP contribution in [-0.4, -0.2) is 34.9 Å². The molecule has 9 nitrogen and oxygen atoms in total. The molecule has 0 bridgehead atoms. The summed E-state index contributed by atoms with van der Waals surface area (Å²) in [5, 5.41) is 9.99. The summed E-state index contributed by atoms with van der Waals surface area (Å²) in [5.74, 6) is 2.09. The van der Waals surface area contributed by atoms with Gasteiger partial charge in [0.15, 0.2) is 17.2 Å². The Bertz CT molecular complexity index is 1330. The maximum Gasteiger partial charge on any atom is 0.165 e. The van der Waals surface area contributed by atoms with Crippen molar-refractivity contribution >= 4 is 16.9 Å². The summed E-state index contributed by atoms with van der Waals surface area (Å²) in [5.41, 5.74) is 10.9. The van der Waals surface area contributed by atoms with Crippen LogP contribution in [-0.2, 0) is 5.41 Å². The minimum atomic E-state index is -0.0764. The van der Waals surface area contributed by atoms with Crippen LogP contribution in [0.15, 0.2) is 17.0 Å². The van der Waals surface area contributed by atoms with Crippen LogP contribution in [0, 0.1) is 6.92 Å². The quantitative estimate of drug-likeness (QED) is 0.486. The van der Waals surface area contributed by atoms with Gasteiger partial charge in [-0.05, 0) is 45.1 Å². The number of aromatic nitrogens is 7. The molecule has 1 fully saturated rings. The number of rotatable bonds is 5. The molecule has 4 aromatic rings. The molecular formula is C23H28N8O. The molecule has 0 unspecified atom stereocenters. The van der Waals surface area contributed by atoms with Crippen LogP contribution in [0.2, 0.25) is 0 Å². The van der Waals surface area contributed by atoms with Gasteiger partial charge in [-0.25, -0.2) is 24.6 Å². The lowest BCUT2D eigenvalue weighted by Crippen LogP contribution is -2.05. The molecule has 4 aromatic heterocycles. The second-order valence-corrected chi connectivity index (χ2v) is 9.53. The molecule has 2 N–H and O–H groups in total. The van der Waals surface area contributed by atoms with Crippen molar-refractivity contribution in [2.45, 2.75) is 71.8 Å². The number of anilines is 1. The van der Waals surface area contributed by atoms with E-state index in [1.165, 1.54) is 6.33 Å². The fourth-order valence-corrected chi connectivity index (χ4v) is 4.17. The van der Waals surface area contributed by atoms with E-state index >= 15 is 0 Å². The minimum Gasteiger partial charge on any atom is -0.383 e. The van der Waals surface area contributed by atoms with E-state index in [1.807, 2.05) is 31.6 Å². The molecule has 4 heterocycles. The third kappa shape index (κ3) is 3.06. The third-order valence-electron chi connectivity index (χ3n) is 6.33. The Kier molecular flexibility index (Phi) is 4.54. The van der Waals surface area contributed by atoms with Crippen LogP contribution in [0.1, 0.15) is 76.4 Å². The summed E-state index contributed by atoms with van der Waals surface area (Å²) >= 11 is 0. The highest BCUT2D eigenvalue weighted by atomic mass is 16.5. The number of hydrogen-bond donors (Lipinski definition) is 1. The van der Waals surface area contributed by atoms with E-state index in [4.69, 9.17) is 25.3 Å². The molecule has 9 heteroatoms. The summed E-state index contributed by atoms with van der Waals surface area (Å²) in [6, 6.07) is 0.0835. The highest BCUT2D eigenvalue weighted by Gasteiger charge is 2.46. The number of fused-ring (bicyclic) bond motifs is 1. The summed E-state index contributed by atoms with van der Waals surface area (Å²) in [7, 11) is 0. The summed E-state index contributed by atoms with van der Waals surface area (Å²) < 4.78 is 7.79. The Balaban J connectivity index is 1.80. The maximum absolute atomic E-state index is 6.28. The molecule has 1 aliphatic carbocycles. The second-order valence-electron chi connectivity index (χ2n) is 9.53. The van der Waals surface area contributed by atoms with Crippen LogP contribution in [0.4, 0.5) is 5.82 Å². The zero-order valence-corrected chi connectivity index (χ0v) is 19.3. The van der Waals surface area contributed by atoms with Gasteiger partial charge in [0, 0.05) is 23.3 Å². The van der Waals surface area contributed by atoms with Gasteiger partial charge < -0.3 is 10.3 Å². The van der Waals surface area contributed by atoms with Gasteiger partial charge in [-0.15, -0.1) is 0 Å². The van der Waals surface area contributed by atoms with Crippen LogP contribution in [0.25, 0.3) is 33.8 Å². The van der Waals surface area contributed by atoms with Crippen molar-refractivity contribution in [1.29, 1.82) is 0 Å². The van der Waals surface area contributed by atoms with Gasteiger partial charge in [0.05, 0.1) is 10.9 Å². The Hall–Kier alpha value is -3.36. The molecule has 0 spiro atoms. The molecule has 0 radical (unpaired) electrons. The average molecular weight is 433 g/mol. The van der Waals surface area contributed by atoms with Gasteiger partial charge >= 0.3 is 0 Å². The summed E-state index contributed by atoms with van der Waals surface area (Å²) in [6.45, 7) is 12.6. The van der Waals surface area contributed by atoms with E-state index in [9.17, 15) is 0 Å². The molecule has 1 aliphatic rings. The third-order valence-corrected chi connectivity index (χ3v) is 6.33. The van der Waals surface area contributed by atoms with Crippen LogP contribution < -0.4 is 5.73 Å². The molecule has 1 saturated carbocycles. The molecule has 32 heavy (non-hydrogen) atoms. The average Bonchev–Trinajstić information content (AvgIpc) is 3.17. The lowest BCUT2D eigenvalue weighted by atomic mass is 9.97. The van der Waals surface area contributed by atoms with Gasteiger partial charge in [0.25, 0.3) is 0 Å². The molecule has 0 amide bonds. The molecule has 166 valence electrons. The highest BCUT2D eigenvalue weighted by molar-refractivity contribution is 6.00. The predicted molar refractivity (Wildman–Crippen MR) is 122 cm³/mol. The van der Waals surface area contributed by atoms with E-state index in [2.05, 4.69) is 35.9 Å². The van der Waals surface area contributed by atoms with Crippen molar-refractivity contribution in [2.24, 2.45) is 0 Å². The van der Waals surface area contributed by atoms with Crippen LogP contribution >= 0.6 is 0 Å². The predicted octanol–water partition coefficient (Wildman–Crippen LogP) is 4.58. The number of nitrogens with two attached hydrogens (primary N) is 1. The topological polar surface area (TPSA) is 121 Å². The highest BCUT2D eigenvalue weighted by Crippen LogP contribution is 2.52. The van der Waals surface area contributed by atoms with Crippen molar-refractivity contribution in [2.75, 3.05) is 5.73 Å². The van der Waals surface area contributed by atoms with Gasteiger partial charge in [-0.3, -0.25) is 0 Å². The van der Waals surface area contributed by atoms with E-state index in [1.54, 1.807) is 0 Å². The summed E-state index contributed by atoms with van der Waals surface area (Å²) in [4.78, 5) is 18.2. The van der Waals surface area contributed by atoms with Gasteiger partial charge in [-0.1, -0.05) is 25.9 Å². The van der Waals surface area contributed by atoms with Crippen molar-refractivity contribution in [3.05, 3.63) is 29.5 Å². The Morgan fingerprint density at radius 2 is 1.84 bits per heavy atom. The monoisotopic (exact) mass is 432 g/mol. The molecular weight excluding hydrogens is 404 g/mol. The SMILES string of the molecule is Cc1nc(-c2c(-c3nn(C(C)C)c4ncnc(N)c34)noc2C2(C)CC2)ncc1C(C)C. The van der Waals surface area contributed by atoms with Crippen LogP contribution in [0.5, 0.6) is 0 Å². The molecule has 0 atom stereocenters. The van der Waals surface area contributed by atoms with Gasteiger partial charge in [0.2, 0.25) is 0 Å². The normalized spacial score (nSPS) is 15.2. The van der Waals surface area contributed by atoms with Crippen molar-refractivity contribution in [3.63, 3.8) is 0 Å². The molecule has 0 aliphatic heterocycles. The first-order valence-corrected chi connectivity index (χ1v) is 11.0. The van der Waals surface area contributed by atoms with Gasteiger partial charge in [-0.2, -0.15) is 5.10 Å². The Morgan fingerprint density at radius 3 is 2.47 bits per heavy atom. The first-order chi connectivity index (χ1) is 15.2. The van der Waals surface area contributed by atoms with Crippen molar-refractivity contribution in [1.82, 2.24) is 34.9 Å². The lowest BCUT2D eigenvalue weighted by Gasteiger charge is -2.11. The lowest BCUT2D eigenvalue weighted by molar-refractivity contribution is 0.362. The van der Waals surface area contributed by atoms with E-state index < -0.39 is 0 Å². The smallest absolute Gasteiger partial charge is 0.165 e. The number of nitrogens with zero attached hydrogens (tertiary/aromatic N) is 7. The Labute approximate surface area is 186 Å². The molecule has 0 aromatic carbocycles. The maximum atomic E-state index is 6.28. The second kappa shape index (κ2) is 7.08. The van der Waals surface area contributed by atoms with E-state index in [-0.39, 0.29) is 11.5 Å². The molecule has 5 rings (SSSR count). The van der Waals surface area contributed by atoms with E-state index in [0.717, 1.165) is 35.4 Å². The fraction of sp³-hybridized carbons (Fsp3) is 0.478. The standard InChI is InChI=1S/C23H28N8O/c1-11(2)14-9-25-21(28-13(14)5)15-18(30-32-19(15)23(6)7-8-23)17-16-20(24)26-10-27-22(16)31(29-17)12(3)4/h9-12H,7-8H2,1-6H3,(H2,24,26,27). The van der Waals surface area contributed by atoms with Gasteiger partial charge in [0.1, 0.15) is 23.5 Å². The zero-order chi connectivity index (χ0) is 22.8. The summed E-state index contributed by atoms with van der Waals surface area (Å²) in [6.07, 6.45) is 5.42. The zero-order valence-electron chi connectivity index (χ0n) is 19.3. The Morgan fingerprint density at radius 1 is 1.09 bits per heavy atom. The number of hydrogen-bond acceptors (Lipinski definition) is 8. The van der Waals surface area contributed by atoms with Crippen molar-refractivity contribution in [3.8, 4) is 22.8 Å². The number of nitrogen functional groups attached to an aromatic ring is 1. The van der Waals surface area contributed by atoms with Crippen LogP contribution in [0.3, 0.4) is 0 Å². The fourth-order valence-electron chi connectivity index (χ4n) is 4.17. The molecule has 0 saturated heterocycles.